The molecule has 0 aliphatic rings. The molecule has 0 atom stereocenters. The molecule has 0 saturated heterocycles. The summed E-state index contributed by atoms with van der Waals surface area (Å²) in [5.74, 6) is -0.110. The highest BCUT2D eigenvalue weighted by Gasteiger charge is 2.10. The fourth-order valence-corrected chi connectivity index (χ4v) is 2.04. The Morgan fingerprint density at radius 1 is 1.24 bits per heavy atom. The maximum atomic E-state index is 11.9. The second kappa shape index (κ2) is 9.37. The molecule has 1 aromatic rings. The number of carbonyl (C=O) groups excluding carboxylic acids is 2. The summed E-state index contributed by atoms with van der Waals surface area (Å²) in [4.78, 5) is 25.3. The SMILES string of the molecule is CCNC(=O)CN(CC)CCC(=O)Nc1cccc(Cl)c1. The Morgan fingerprint density at radius 2 is 2.00 bits per heavy atom. The molecule has 0 unspecified atom stereocenters. The van der Waals surface area contributed by atoms with Gasteiger partial charge in [-0.05, 0) is 31.7 Å². The average Bonchev–Trinajstić information content (AvgIpc) is 2.43. The zero-order chi connectivity index (χ0) is 15.7. The normalized spacial score (nSPS) is 10.5. The predicted octanol–water partition coefficient (Wildman–Crippen LogP) is 2.13. The lowest BCUT2D eigenvalue weighted by Gasteiger charge is -2.19. The van der Waals surface area contributed by atoms with E-state index < -0.39 is 0 Å². The van der Waals surface area contributed by atoms with Crippen LogP contribution in [0.4, 0.5) is 5.69 Å². The number of anilines is 1. The van der Waals surface area contributed by atoms with Crippen molar-refractivity contribution in [3.05, 3.63) is 29.3 Å². The summed E-state index contributed by atoms with van der Waals surface area (Å²) in [5, 5.41) is 6.12. The summed E-state index contributed by atoms with van der Waals surface area (Å²) < 4.78 is 0. The van der Waals surface area contributed by atoms with Crippen LogP contribution in [0.25, 0.3) is 0 Å². The van der Waals surface area contributed by atoms with Crippen LogP contribution in [0.2, 0.25) is 5.02 Å². The maximum absolute atomic E-state index is 11.9. The van der Waals surface area contributed by atoms with Crippen LogP contribution in [-0.4, -0.2) is 42.9 Å². The number of carbonyl (C=O) groups is 2. The van der Waals surface area contributed by atoms with Gasteiger partial charge in [-0.1, -0.05) is 24.6 Å². The minimum absolute atomic E-state index is 0.0189. The van der Waals surface area contributed by atoms with E-state index in [0.29, 0.717) is 36.8 Å². The van der Waals surface area contributed by atoms with Gasteiger partial charge < -0.3 is 10.6 Å². The molecule has 0 fully saturated rings. The van der Waals surface area contributed by atoms with Crippen molar-refractivity contribution in [2.45, 2.75) is 20.3 Å². The highest BCUT2D eigenvalue weighted by atomic mass is 35.5. The average molecular weight is 312 g/mol. The van der Waals surface area contributed by atoms with Crippen molar-refractivity contribution in [1.82, 2.24) is 10.2 Å². The highest BCUT2D eigenvalue weighted by molar-refractivity contribution is 6.30. The first kappa shape index (κ1) is 17.5. The summed E-state index contributed by atoms with van der Waals surface area (Å²) in [6.07, 6.45) is 0.333. The number of nitrogens with zero attached hydrogens (tertiary/aromatic N) is 1. The smallest absolute Gasteiger partial charge is 0.234 e. The predicted molar refractivity (Wildman–Crippen MR) is 85.5 cm³/mol. The van der Waals surface area contributed by atoms with Gasteiger partial charge in [0.25, 0.3) is 0 Å². The summed E-state index contributed by atoms with van der Waals surface area (Å²) >= 11 is 5.86. The molecule has 0 radical (unpaired) electrons. The van der Waals surface area contributed by atoms with E-state index in [-0.39, 0.29) is 11.8 Å². The van der Waals surface area contributed by atoms with E-state index in [1.54, 1.807) is 24.3 Å². The van der Waals surface area contributed by atoms with Crippen LogP contribution in [0, 0.1) is 0 Å². The van der Waals surface area contributed by atoms with Crippen LogP contribution < -0.4 is 10.6 Å². The molecule has 6 heteroatoms. The molecule has 0 spiro atoms. The fourth-order valence-electron chi connectivity index (χ4n) is 1.85. The first-order valence-corrected chi connectivity index (χ1v) is 7.47. The monoisotopic (exact) mass is 311 g/mol. The Kier molecular flexibility index (Phi) is 7.79. The number of amides is 2. The second-order valence-electron chi connectivity index (χ2n) is 4.63. The number of hydrogen-bond donors (Lipinski definition) is 2. The Balaban J connectivity index is 2.38. The van der Waals surface area contributed by atoms with Crippen molar-refractivity contribution in [1.29, 1.82) is 0 Å². The Bertz CT molecular complexity index is 480. The van der Waals surface area contributed by atoms with Crippen LogP contribution in [-0.2, 0) is 9.59 Å². The van der Waals surface area contributed by atoms with Crippen molar-refractivity contribution in [2.75, 3.05) is 31.5 Å². The standard InChI is InChI=1S/C15H22ClN3O2/c1-3-17-15(21)11-19(4-2)9-8-14(20)18-13-7-5-6-12(16)10-13/h5-7,10H,3-4,8-9,11H2,1-2H3,(H,17,21)(H,18,20). The summed E-state index contributed by atoms with van der Waals surface area (Å²) in [6, 6.07) is 7.02. The molecular formula is C15H22ClN3O2. The van der Waals surface area contributed by atoms with E-state index in [1.165, 1.54) is 0 Å². The van der Waals surface area contributed by atoms with Gasteiger partial charge in [-0.2, -0.15) is 0 Å². The third kappa shape index (κ3) is 7.11. The third-order valence-corrected chi connectivity index (χ3v) is 3.19. The molecule has 0 aliphatic heterocycles. The largest absolute Gasteiger partial charge is 0.355 e. The van der Waals surface area contributed by atoms with Gasteiger partial charge in [0.1, 0.15) is 0 Å². The van der Waals surface area contributed by atoms with Gasteiger partial charge >= 0.3 is 0 Å². The second-order valence-corrected chi connectivity index (χ2v) is 5.07. The first-order valence-electron chi connectivity index (χ1n) is 7.09. The van der Waals surface area contributed by atoms with Crippen LogP contribution in [0.5, 0.6) is 0 Å². The van der Waals surface area contributed by atoms with Crippen molar-refractivity contribution in [3.63, 3.8) is 0 Å². The van der Waals surface area contributed by atoms with Gasteiger partial charge in [-0.3, -0.25) is 14.5 Å². The zero-order valence-corrected chi connectivity index (χ0v) is 13.2. The Labute approximate surface area is 130 Å². The van der Waals surface area contributed by atoms with Gasteiger partial charge in [0.2, 0.25) is 11.8 Å². The molecule has 1 aromatic carbocycles. The molecular weight excluding hydrogens is 290 g/mol. The lowest BCUT2D eigenvalue weighted by molar-refractivity contribution is -0.123. The number of likely N-dealkylation sites (N-methyl/N-ethyl adjacent to an activating group) is 2. The summed E-state index contributed by atoms with van der Waals surface area (Å²) in [6.45, 7) is 6.04. The molecule has 0 aromatic heterocycles. The lowest BCUT2D eigenvalue weighted by Crippen LogP contribution is -2.38. The minimum atomic E-state index is -0.0911. The van der Waals surface area contributed by atoms with Crippen LogP contribution in [0.15, 0.2) is 24.3 Å². The quantitative estimate of drug-likeness (QED) is 0.773. The molecule has 2 amide bonds. The Hall–Kier alpha value is -1.59. The van der Waals surface area contributed by atoms with Crippen molar-refractivity contribution < 1.29 is 9.59 Å². The number of nitrogens with one attached hydrogen (secondary N) is 2. The van der Waals surface area contributed by atoms with Crippen molar-refractivity contribution in [2.24, 2.45) is 0 Å². The molecule has 5 nitrogen and oxygen atoms in total. The molecule has 0 heterocycles. The van der Waals surface area contributed by atoms with Gasteiger partial charge in [0, 0.05) is 30.2 Å². The number of hydrogen-bond acceptors (Lipinski definition) is 3. The molecule has 116 valence electrons. The van der Waals surface area contributed by atoms with Gasteiger partial charge in [0.15, 0.2) is 0 Å². The highest BCUT2D eigenvalue weighted by Crippen LogP contribution is 2.14. The van der Waals surface area contributed by atoms with E-state index in [2.05, 4.69) is 10.6 Å². The molecule has 0 bridgehead atoms. The molecule has 0 saturated carbocycles. The molecule has 1 rings (SSSR count). The Morgan fingerprint density at radius 3 is 2.62 bits per heavy atom. The fraction of sp³-hybridized carbons (Fsp3) is 0.467. The van der Waals surface area contributed by atoms with Crippen molar-refractivity contribution in [3.8, 4) is 0 Å². The summed E-state index contributed by atoms with van der Waals surface area (Å²) in [7, 11) is 0. The van der Waals surface area contributed by atoms with Gasteiger partial charge in [0.05, 0.1) is 6.54 Å². The van der Waals surface area contributed by atoms with Crippen molar-refractivity contribution >= 4 is 29.1 Å². The van der Waals surface area contributed by atoms with Crippen LogP contribution >= 0.6 is 11.6 Å². The van der Waals surface area contributed by atoms with E-state index >= 15 is 0 Å². The van der Waals surface area contributed by atoms with Gasteiger partial charge in [-0.25, -0.2) is 0 Å². The van der Waals surface area contributed by atoms with Crippen LogP contribution in [0.3, 0.4) is 0 Å². The van der Waals surface area contributed by atoms with E-state index in [9.17, 15) is 9.59 Å². The number of benzene rings is 1. The topological polar surface area (TPSA) is 61.4 Å². The zero-order valence-electron chi connectivity index (χ0n) is 12.5. The summed E-state index contributed by atoms with van der Waals surface area (Å²) in [5.41, 5.74) is 0.680. The molecule has 0 aliphatic carbocycles. The lowest BCUT2D eigenvalue weighted by atomic mass is 10.3. The minimum Gasteiger partial charge on any atom is -0.355 e. The molecule has 21 heavy (non-hydrogen) atoms. The van der Waals surface area contributed by atoms with Crippen LogP contribution in [0.1, 0.15) is 20.3 Å². The van der Waals surface area contributed by atoms with E-state index in [4.69, 9.17) is 11.6 Å². The number of halogens is 1. The van der Waals surface area contributed by atoms with E-state index in [0.717, 1.165) is 6.54 Å². The molecule has 2 N–H and O–H groups in total. The number of rotatable bonds is 8. The first-order chi connectivity index (χ1) is 10.0. The maximum Gasteiger partial charge on any atom is 0.234 e. The third-order valence-electron chi connectivity index (χ3n) is 2.95. The van der Waals surface area contributed by atoms with E-state index in [1.807, 2.05) is 18.7 Å². The van der Waals surface area contributed by atoms with Gasteiger partial charge in [-0.15, -0.1) is 0 Å².